The number of primary amides is 1. The largest absolute Gasteiger partial charge is 0.476 e. The summed E-state index contributed by atoms with van der Waals surface area (Å²) in [6.07, 6.45) is 0.844. The van der Waals surface area contributed by atoms with Crippen molar-refractivity contribution in [1.82, 2.24) is 4.98 Å². The summed E-state index contributed by atoms with van der Waals surface area (Å²) in [4.78, 5) is 15.5. The number of nitrogens with two attached hydrogens (primary N) is 2. The summed E-state index contributed by atoms with van der Waals surface area (Å²) in [7, 11) is 0. The lowest BCUT2D eigenvalue weighted by Gasteiger charge is -2.11. The van der Waals surface area contributed by atoms with Crippen LogP contribution in [0.15, 0.2) is 36.4 Å². The normalized spacial score (nSPS) is 10.1. The first-order valence-corrected chi connectivity index (χ1v) is 6.57. The van der Waals surface area contributed by atoms with Gasteiger partial charge in [-0.05, 0) is 24.6 Å². The van der Waals surface area contributed by atoms with Crippen molar-refractivity contribution in [2.45, 2.75) is 13.3 Å². The van der Waals surface area contributed by atoms with Gasteiger partial charge < -0.3 is 20.9 Å². The molecule has 0 spiro atoms. The highest BCUT2D eigenvalue weighted by atomic mass is 16.5. The minimum atomic E-state index is -0.566. The number of hydrogen-bond acceptors (Lipinski definition) is 5. The average molecular weight is 287 g/mol. The van der Waals surface area contributed by atoms with Crippen molar-refractivity contribution < 1.29 is 14.3 Å². The van der Waals surface area contributed by atoms with E-state index in [0.29, 0.717) is 23.9 Å². The maximum absolute atomic E-state index is 11.4. The van der Waals surface area contributed by atoms with Crippen LogP contribution in [0, 0.1) is 0 Å². The Morgan fingerprint density at radius 2 is 2.00 bits per heavy atom. The van der Waals surface area contributed by atoms with Crippen LogP contribution in [0.2, 0.25) is 0 Å². The van der Waals surface area contributed by atoms with Gasteiger partial charge in [-0.1, -0.05) is 19.1 Å². The third-order valence-corrected chi connectivity index (χ3v) is 2.67. The Morgan fingerprint density at radius 3 is 2.71 bits per heavy atom. The number of carbonyl (C=O) groups is 1. The smallest absolute Gasteiger partial charge is 0.252 e. The zero-order chi connectivity index (χ0) is 15.2. The van der Waals surface area contributed by atoms with E-state index in [4.69, 9.17) is 20.9 Å². The number of rotatable bonds is 6. The van der Waals surface area contributed by atoms with Gasteiger partial charge in [-0.25, -0.2) is 0 Å². The van der Waals surface area contributed by atoms with Crippen molar-refractivity contribution in [1.29, 1.82) is 0 Å². The van der Waals surface area contributed by atoms with Crippen molar-refractivity contribution >= 4 is 11.6 Å². The number of aromatic nitrogens is 1. The van der Waals surface area contributed by atoms with Crippen LogP contribution in [-0.2, 0) is 0 Å². The number of carbonyl (C=O) groups excluding carboxylic acids is 1. The van der Waals surface area contributed by atoms with Gasteiger partial charge in [-0.2, -0.15) is 4.98 Å². The fourth-order valence-electron chi connectivity index (χ4n) is 1.68. The minimum Gasteiger partial charge on any atom is -0.476 e. The molecule has 1 aromatic carbocycles. The van der Waals surface area contributed by atoms with Crippen molar-refractivity contribution in [3.05, 3.63) is 42.0 Å². The SMILES string of the molecule is CCCOc1nc(Oc2ccccc2C(N)=O)ccc1N. The molecule has 6 heteroatoms. The molecule has 0 atom stereocenters. The second-order valence-corrected chi connectivity index (χ2v) is 4.35. The average Bonchev–Trinajstić information content (AvgIpc) is 2.48. The Labute approximate surface area is 122 Å². The summed E-state index contributed by atoms with van der Waals surface area (Å²) in [5.41, 5.74) is 11.8. The fourth-order valence-corrected chi connectivity index (χ4v) is 1.68. The second-order valence-electron chi connectivity index (χ2n) is 4.35. The fraction of sp³-hybridized carbons (Fsp3) is 0.200. The van der Waals surface area contributed by atoms with Crippen LogP contribution in [0.1, 0.15) is 23.7 Å². The predicted octanol–water partition coefficient (Wildman–Crippen LogP) is 2.34. The minimum absolute atomic E-state index is 0.281. The Morgan fingerprint density at radius 1 is 1.24 bits per heavy atom. The maximum atomic E-state index is 11.4. The molecule has 0 fully saturated rings. The van der Waals surface area contributed by atoms with Crippen LogP contribution in [0.25, 0.3) is 0 Å². The number of nitrogens with zero attached hydrogens (tertiary/aromatic N) is 1. The highest BCUT2D eigenvalue weighted by Gasteiger charge is 2.11. The lowest BCUT2D eigenvalue weighted by Crippen LogP contribution is -2.12. The number of amides is 1. The van der Waals surface area contributed by atoms with Crippen molar-refractivity contribution in [2.75, 3.05) is 12.3 Å². The molecule has 0 saturated heterocycles. The number of benzene rings is 1. The molecule has 2 aromatic rings. The molecule has 21 heavy (non-hydrogen) atoms. The molecule has 0 aliphatic carbocycles. The predicted molar refractivity (Wildman–Crippen MR) is 79.5 cm³/mol. The van der Waals surface area contributed by atoms with Gasteiger partial charge in [-0.3, -0.25) is 4.79 Å². The third-order valence-electron chi connectivity index (χ3n) is 2.67. The van der Waals surface area contributed by atoms with Crippen molar-refractivity contribution in [3.63, 3.8) is 0 Å². The molecule has 4 N–H and O–H groups in total. The summed E-state index contributed by atoms with van der Waals surface area (Å²) in [5, 5.41) is 0. The molecule has 0 unspecified atom stereocenters. The molecule has 1 heterocycles. The molecule has 0 radical (unpaired) electrons. The van der Waals surface area contributed by atoms with E-state index in [0.717, 1.165) is 6.42 Å². The first-order valence-electron chi connectivity index (χ1n) is 6.57. The van der Waals surface area contributed by atoms with E-state index in [9.17, 15) is 4.79 Å². The Bertz CT molecular complexity index is 644. The van der Waals surface area contributed by atoms with E-state index < -0.39 is 5.91 Å². The molecule has 0 bridgehead atoms. The van der Waals surface area contributed by atoms with Gasteiger partial charge >= 0.3 is 0 Å². The summed E-state index contributed by atoms with van der Waals surface area (Å²) < 4.78 is 11.0. The van der Waals surface area contributed by atoms with Gasteiger partial charge in [0.2, 0.25) is 11.8 Å². The monoisotopic (exact) mass is 287 g/mol. The third kappa shape index (κ3) is 3.62. The van der Waals surface area contributed by atoms with Gasteiger partial charge in [0.05, 0.1) is 17.9 Å². The Balaban J connectivity index is 2.26. The second kappa shape index (κ2) is 6.60. The topological polar surface area (TPSA) is 100 Å². The zero-order valence-electron chi connectivity index (χ0n) is 11.7. The number of anilines is 1. The van der Waals surface area contributed by atoms with Gasteiger partial charge in [0, 0.05) is 6.07 Å². The standard InChI is InChI=1S/C15H17N3O3/c1-2-9-20-15-11(16)7-8-13(18-15)21-12-6-4-3-5-10(12)14(17)19/h3-8H,2,9,16H2,1H3,(H2,17,19). The van der Waals surface area contributed by atoms with Gasteiger partial charge in [0.1, 0.15) is 5.75 Å². The van der Waals surface area contributed by atoms with Crippen LogP contribution in [0.5, 0.6) is 17.5 Å². The summed E-state index contributed by atoms with van der Waals surface area (Å²) in [6, 6.07) is 9.92. The highest BCUT2D eigenvalue weighted by Crippen LogP contribution is 2.27. The van der Waals surface area contributed by atoms with E-state index in [1.165, 1.54) is 0 Å². The first kappa shape index (κ1) is 14.6. The van der Waals surface area contributed by atoms with Crippen LogP contribution in [0.4, 0.5) is 5.69 Å². The van der Waals surface area contributed by atoms with Crippen LogP contribution < -0.4 is 20.9 Å². The van der Waals surface area contributed by atoms with E-state index in [2.05, 4.69) is 4.98 Å². The molecule has 0 aliphatic heterocycles. The van der Waals surface area contributed by atoms with E-state index in [1.54, 1.807) is 36.4 Å². The summed E-state index contributed by atoms with van der Waals surface area (Å²) >= 11 is 0. The van der Waals surface area contributed by atoms with E-state index in [1.807, 2.05) is 6.92 Å². The molecular formula is C15H17N3O3. The van der Waals surface area contributed by atoms with Crippen LogP contribution in [-0.4, -0.2) is 17.5 Å². The van der Waals surface area contributed by atoms with Gasteiger partial charge in [0.15, 0.2) is 0 Å². The van der Waals surface area contributed by atoms with Crippen LogP contribution in [0.3, 0.4) is 0 Å². The lowest BCUT2D eigenvalue weighted by molar-refractivity contribution is 0.0998. The lowest BCUT2D eigenvalue weighted by atomic mass is 10.2. The maximum Gasteiger partial charge on any atom is 0.252 e. The molecule has 110 valence electrons. The van der Waals surface area contributed by atoms with Gasteiger partial charge in [0.25, 0.3) is 5.91 Å². The first-order chi connectivity index (χ1) is 10.1. The Kier molecular flexibility index (Phi) is 4.61. The Hall–Kier alpha value is -2.76. The quantitative estimate of drug-likeness (QED) is 0.849. The number of pyridine rings is 1. The molecule has 1 amide bonds. The number of para-hydroxylation sites is 1. The summed E-state index contributed by atoms with van der Waals surface area (Å²) in [6.45, 7) is 2.50. The number of ether oxygens (including phenoxy) is 2. The van der Waals surface area contributed by atoms with Crippen molar-refractivity contribution in [3.8, 4) is 17.5 Å². The number of hydrogen-bond donors (Lipinski definition) is 2. The molecule has 6 nitrogen and oxygen atoms in total. The zero-order valence-corrected chi connectivity index (χ0v) is 11.7. The molecule has 0 saturated carbocycles. The molecule has 2 rings (SSSR count). The number of nitrogen functional groups attached to an aromatic ring is 1. The molecular weight excluding hydrogens is 270 g/mol. The van der Waals surface area contributed by atoms with E-state index in [-0.39, 0.29) is 11.4 Å². The highest BCUT2D eigenvalue weighted by molar-refractivity contribution is 5.95. The summed E-state index contributed by atoms with van der Waals surface area (Å²) in [5.74, 6) is 0.363. The molecule has 0 aliphatic rings. The van der Waals surface area contributed by atoms with Gasteiger partial charge in [-0.15, -0.1) is 0 Å². The van der Waals surface area contributed by atoms with E-state index >= 15 is 0 Å². The van der Waals surface area contributed by atoms with Crippen molar-refractivity contribution in [2.24, 2.45) is 5.73 Å². The van der Waals surface area contributed by atoms with Crippen LogP contribution >= 0.6 is 0 Å². The molecule has 1 aromatic heterocycles.